The molecular weight excluding hydrogens is 295 g/mol. The maximum Gasteiger partial charge on any atom is 0.265 e. The molecule has 0 aliphatic carbocycles. The molecule has 0 bridgehead atoms. The topological polar surface area (TPSA) is 52.6 Å². The van der Waals surface area contributed by atoms with Gasteiger partial charge in [0.25, 0.3) is 9.05 Å². The van der Waals surface area contributed by atoms with Crippen LogP contribution in [0.2, 0.25) is 0 Å². The summed E-state index contributed by atoms with van der Waals surface area (Å²) in [6.45, 7) is 0.906. The highest BCUT2D eigenvalue weighted by Crippen LogP contribution is 2.28. The highest BCUT2D eigenvalue weighted by molar-refractivity contribution is 8.13. The van der Waals surface area contributed by atoms with Crippen molar-refractivity contribution < 1.29 is 22.3 Å². The molecule has 19 heavy (non-hydrogen) atoms. The third-order valence-corrected chi connectivity index (χ3v) is 4.21. The van der Waals surface area contributed by atoms with E-state index in [2.05, 4.69) is 0 Å². The molecule has 7 heteroatoms. The van der Waals surface area contributed by atoms with E-state index in [4.69, 9.17) is 20.2 Å². The molecule has 0 N–H and O–H groups in total. The molecule has 0 radical (unpaired) electrons. The molecular formula is C12H14ClFO4S. The van der Waals surface area contributed by atoms with Crippen molar-refractivity contribution in [3.05, 3.63) is 24.0 Å². The van der Waals surface area contributed by atoms with Crippen LogP contribution in [0.3, 0.4) is 0 Å². The molecule has 2 rings (SSSR count). The molecule has 1 heterocycles. The Hall–Kier alpha value is -0.850. The third-order valence-electron chi connectivity index (χ3n) is 2.87. The molecule has 1 aromatic carbocycles. The van der Waals surface area contributed by atoms with Crippen LogP contribution < -0.4 is 4.74 Å². The van der Waals surface area contributed by atoms with Crippen molar-refractivity contribution in [2.75, 3.05) is 13.2 Å². The van der Waals surface area contributed by atoms with Crippen molar-refractivity contribution in [2.45, 2.75) is 30.3 Å². The van der Waals surface area contributed by atoms with E-state index in [0.717, 1.165) is 31.4 Å². The number of hydrogen-bond donors (Lipinski definition) is 0. The van der Waals surface area contributed by atoms with Crippen LogP contribution in [0.25, 0.3) is 0 Å². The van der Waals surface area contributed by atoms with Crippen molar-refractivity contribution in [3.63, 3.8) is 0 Å². The van der Waals surface area contributed by atoms with Gasteiger partial charge in [-0.15, -0.1) is 0 Å². The Labute approximate surface area is 115 Å². The van der Waals surface area contributed by atoms with Gasteiger partial charge >= 0.3 is 0 Å². The predicted octanol–water partition coefficient (Wildman–Crippen LogP) is 2.70. The first-order valence-corrected chi connectivity index (χ1v) is 8.26. The lowest BCUT2D eigenvalue weighted by atomic mass is 10.1. The molecule has 1 fully saturated rings. The zero-order valence-electron chi connectivity index (χ0n) is 10.1. The van der Waals surface area contributed by atoms with E-state index in [1.807, 2.05) is 0 Å². The van der Waals surface area contributed by atoms with Gasteiger partial charge in [0.15, 0.2) is 0 Å². The van der Waals surface area contributed by atoms with Gasteiger partial charge in [0.05, 0.1) is 6.10 Å². The van der Waals surface area contributed by atoms with Crippen LogP contribution in [-0.4, -0.2) is 27.7 Å². The van der Waals surface area contributed by atoms with Crippen LogP contribution in [-0.2, 0) is 13.8 Å². The highest BCUT2D eigenvalue weighted by Gasteiger charge is 2.20. The number of benzene rings is 1. The third kappa shape index (κ3) is 4.06. The van der Waals surface area contributed by atoms with Crippen LogP contribution in [0, 0.1) is 5.82 Å². The minimum Gasteiger partial charge on any atom is -0.489 e. The molecule has 0 aromatic heterocycles. The molecule has 1 atom stereocenters. The molecule has 1 unspecified atom stereocenters. The second kappa shape index (κ2) is 6.07. The summed E-state index contributed by atoms with van der Waals surface area (Å²) in [6.07, 6.45) is 2.88. The van der Waals surface area contributed by atoms with Crippen molar-refractivity contribution in [1.82, 2.24) is 0 Å². The van der Waals surface area contributed by atoms with Crippen LogP contribution >= 0.6 is 10.7 Å². The largest absolute Gasteiger partial charge is 0.489 e. The number of hydrogen-bond acceptors (Lipinski definition) is 4. The van der Waals surface area contributed by atoms with Crippen LogP contribution in [0.4, 0.5) is 4.39 Å². The van der Waals surface area contributed by atoms with Crippen LogP contribution in [0.5, 0.6) is 5.75 Å². The Balaban J connectivity index is 2.11. The van der Waals surface area contributed by atoms with Gasteiger partial charge in [0, 0.05) is 17.3 Å². The molecule has 1 aliphatic heterocycles. The van der Waals surface area contributed by atoms with Gasteiger partial charge in [-0.2, -0.15) is 0 Å². The minimum absolute atomic E-state index is 0.0468. The summed E-state index contributed by atoms with van der Waals surface area (Å²) in [6, 6.07) is 3.23. The molecule has 1 aromatic rings. The standard InChI is InChI=1S/C12H14ClFO4S/c13-19(15,16)12-7-9(14)4-5-11(12)18-8-10-3-1-2-6-17-10/h4-5,7,10H,1-3,6,8H2. The van der Waals surface area contributed by atoms with Gasteiger partial charge in [-0.3, -0.25) is 0 Å². The first-order valence-electron chi connectivity index (χ1n) is 5.95. The van der Waals surface area contributed by atoms with Gasteiger partial charge in [-0.1, -0.05) is 0 Å². The first-order chi connectivity index (χ1) is 8.97. The van der Waals surface area contributed by atoms with E-state index in [0.29, 0.717) is 6.61 Å². The average molecular weight is 309 g/mol. The number of ether oxygens (including phenoxy) is 2. The molecule has 0 saturated carbocycles. The van der Waals surface area contributed by atoms with Gasteiger partial charge in [-0.05, 0) is 37.5 Å². The summed E-state index contributed by atoms with van der Waals surface area (Å²) in [4.78, 5) is -0.357. The first kappa shape index (κ1) is 14.6. The van der Waals surface area contributed by atoms with E-state index in [1.54, 1.807) is 0 Å². The zero-order chi connectivity index (χ0) is 13.9. The molecule has 106 valence electrons. The SMILES string of the molecule is O=S(=O)(Cl)c1cc(F)ccc1OCC1CCCCO1. The monoisotopic (exact) mass is 308 g/mol. The fraction of sp³-hybridized carbons (Fsp3) is 0.500. The van der Waals surface area contributed by atoms with Gasteiger partial charge in [0.2, 0.25) is 0 Å². The summed E-state index contributed by atoms with van der Waals surface area (Å²) in [5.74, 6) is -0.633. The van der Waals surface area contributed by atoms with Gasteiger partial charge in [-0.25, -0.2) is 12.8 Å². The quantitative estimate of drug-likeness (QED) is 0.803. The lowest BCUT2D eigenvalue weighted by molar-refractivity contribution is -0.0116. The van der Waals surface area contributed by atoms with Crippen molar-refractivity contribution >= 4 is 19.7 Å². The van der Waals surface area contributed by atoms with Crippen LogP contribution in [0.1, 0.15) is 19.3 Å². The summed E-state index contributed by atoms with van der Waals surface area (Å²) in [7, 11) is 1.21. The van der Waals surface area contributed by atoms with E-state index in [1.165, 1.54) is 6.07 Å². The normalized spacial score (nSPS) is 20.2. The molecule has 0 spiro atoms. The Morgan fingerprint density at radius 1 is 1.42 bits per heavy atom. The summed E-state index contributed by atoms with van der Waals surface area (Å²) < 4.78 is 46.6. The Morgan fingerprint density at radius 2 is 2.21 bits per heavy atom. The Kier molecular flexibility index (Phi) is 4.65. The maximum absolute atomic E-state index is 13.1. The lowest BCUT2D eigenvalue weighted by Gasteiger charge is -2.23. The van der Waals surface area contributed by atoms with Crippen molar-refractivity contribution in [3.8, 4) is 5.75 Å². The second-order valence-corrected chi connectivity index (χ2v) is 6.86. The Morgan fingerprint density at radius 3 is 2.84 bits per heavy atom. The molecule has 4 nitrogen and oxygen atoms in total. The fourth-order valence-electron chi connectivity index (χ4n) is 1.91. The molecule has 0 amide bonds. The molecule has 1 aliphatic rings. The van der Waals surface area contributed by atoms with Gasteiger partial charge in [0.1, 0.15) is 23.1 Å². The smallest absolute Gasteiger partial charge is 0.265 e. The van der Waals surface area contributed by atoms with E-state index < -0.39 is 14.9 Å². The second-order valence-electron chi connectivity index (χ2n) is 4.33. The summed E-state index contributed by atoms with van der Waals surface area (Å²) in [5.41, 5.74) is 0. The van der Waals surface area contributed by atoms with Crippen LogP contribution in [0.15, 0.2) is 23.1 Å². The minimum atomic E-state index is -4.04. The Bertz CT molecular complexity index is 541. The van der Waals surface area contributed by atoms with Crippen molar-refractivity contribution in [1.29, 1.82) is 0 Å². The zero-order valence-corrected chi connectivity index (χ0v) is 11.7. The van der Waals surface area contributed by atoms with E-state index in [-0.39, 0.29) is 23.4 Å². The maximum atomic E-state index is 13.1. The lowest BCUT2D eigenvalue weighted by Crippen LogP contribution is -2.26. The number of rotatable bonds is 4. The van der Waals surface area contributed by atoms with Gasteiger partial charge < -0.3 is 9.47 Å². The highest BCUT2D eigenvalue weighted by atomic mass is 35.7. The number of halogens is 2. The van der Waals surface area contributed by atoms with Crippen molar-refractivity contribution in [2.24, 2.45) is 0 Å². The summed E-state index contributed by atoms with van der Waals surface area (Å²) >= 11 is 0. The predicted molar refractivity (Wildman–Crippen MR) is 68.5 cm³/mol. The average Bonchev–Trinajstić information content (AvgIpc) is 2.37. The molecule has 1 saturated heterocycles. The fourth-order valence-corrected chi connectivity index (χ4v) is 2.90. The van der Waals surface area contributed by atoms with E-state index in [9.17, 15) is 12.8 Å². The summed E-state index contributed by atoms with van der Waals surface area (Å²) in [5, 5.41) is 0. The van der Waals surface area contributed by atoms with E-state index >= 15 is 0 Å².